The first-order valence-corrected chi connectivity index (χ1v) is 6.45. The van der Waals surface area contributed by atoms with Crippen molar-refractivity contribution in [3.63, 3.8) is 0 Å². The van der Waals surface area contributed by atoms with Gasteiger partial charge in [-0.25, -0.2) is 4.79 Å². The first-order chi connectivity index (χ1) is 10.6. The molecule has 0 atom stereocenters. The zero-order chi connectivity index (χ0) is 15.9. The molecule has 7 nitrogen and oxygen atoms in total. The third-order valence-corrected chi connectivity index (χ3v) is 2.57. The number of non-ortho nitro benzene ring substituents is 1. The molecule has 0 bridgehead atoms. The van der Waals surface area contributed by atoms with Crippen molar-refractivity contribution in [1.29, 1.82) is 0 Å². The largest absolute Gasteiger partial charge is 0.519 e. The molecule has 0 saturated carbocycles. The van der Waals surface area contributed by atoms with Crippen LogP contribution in [0, 0.1) is 10.1 Å². The maximum absolute atomic E-state index is 11.7. The van der Waals surface area contributed by atoms with E-state index in [4.69, 9.17) is 14.2 Å². The second kappa shape index (κ2) is 7.07. The van der Waals surface area contributed by atoms with Crippen molar-refractivity contribution in [3.05, 3.63) is 58.6 Å². The summed E-state index contributed by atoms with van der Waals surface area (Å²) < 4.78 is 15.2. The lowest BCUT2D eigenvalue weighted by Crippen LogP contribution is -2.13. The maximum atomic E-state index is 11.7. The van der Waals surface area contributed by atoms with E-state index in [1.54, 1.807) is 24.3 Å². The van der Waals surface area contributed by atoms with E-state index in [1.807, 2.05) is 6.92 Å². The van der Waals surface area contributed by atoms with E-state index in [0.717, 1.165) is 0 Å². The standard InChI is InChI=1S/C15H13NO6/c1-2-20-13-4-3-5-14(10-13)22-15(17)21-12-8-6-11(7-9-12)16(18)19/h3-10H,2H2,1H3. The third-order valence-electron chi connectivity index (χ3n) is 2.57. The SMILES string of the molecule is CCOc1cccc(OC(=O)Oc2ccc([N+](=O)[O-])cc2)c1. The van der Waals surface area contributed by atoms with Crippen LogP contribution in [0.3, 0.4) is 0 Å². The van der Waals surface area contributed by atoms with Gasteiger partial charge in [0, 0.05) is 18.2 Å². The molecule has 0 radical (unpaired) electrons. The minimum atomic E-state index is -0.942. The molecular formula is C15H13NO6. The van der Waals surface area contributed by atoms with Gasteiger partial charge in [-0.05, 0) is 31.2 Å². The van der Waals surface area contributed by atoms with Crippen molar-refractivity contribution < 1.29 is 23.9 Å². The molecule has 0 aliphatic heterocycles. The molecule has 0 heterocycles. The number of ether oxygens (including phenoxy) is 3. The van der Waals surface area contributed by atoms with Crippen LogP contribution in [0.15, 0.2) is 48.5 Å². The summed E-state index contributed by atoms with van der Waals surface area (Å²) in [5, 5.41) is 10.5. The molecule has 0 amide bonds. The Kier molecular flexibility index (Phi) is 4.92. The highest BCUT2D eigenvalue weighted by atomic mass is 16.7. The predicted molar refractivity (Wildman–Crippen MR) is 77.4 cm³/mol. The van der Waals surface area contributed by atoms with Crippen molar-refractivity contribution in [2.75, 3.05) is 6.61 Å². The number of rotatable bonds is 5. The highest BCUT2D eigenvalue weighted by molar-refractivity contribution is 5.67. The van der Waals surface area contributed by atoms with Gasteiger partial charge in [0.2, 0.25) is 0 Å². The second-order valence-corrected chi connectivity index (χ2v) is 4.11. The van der Waals surface area contributed by atoms with E-state index in [-0.39, 0.29) is 17.2 Å². The van der Waals surface area contributed by atoms with E-state index in [9.17, 15) is 14.9 Å². The molecule has 0 fully saturated rings. The molecular weight excluding hydrogens is 290 g/mol. The smallest absolute Gasteiger partial charge is 0.494 e. The average molecular weight is 303 g/mol. The van der Waals surface area contributed by atoms with Crippen LogP contribution in [-0.4, -0.2) is 17.7 Å². The van der Waals surface area contributed by atoms with Crippen LogP contribution in [0.2, 0.25) is 0 Å². The van der Waals surface area contributed by atoms with E-state index in [2.05, 4.69) is 0 Å². The van der Waals surface area contributed by atoms with Gasteiger partial charge in [0.15, 0.2) is 0 Å². The highest BCUT2D eigenvalue weighted by Gasteiger charge is 2.10. The van der Waals surface area contributed by atoms with Crippen molar-refractivity contribution in [1.82, 2.24) is 0 Å². The summed E-state index contributed by atoms with van der Waals surface area (Å²) in [5.74, 6) is 0.998. The van der Waals surface area contributed by atoms with Gasteiger partial charge in [0.25, 0.3) is 5.69 Å². The summed E-state index contributed by atoms with van der Waals surface area (Å²) in [6.07, 6.45) is -0.942. The predicted octanol–water partition coefficient (Wildman–Crippen LogP) is 3.57. The van der Waals surface area contributed by atoms with Crippen molar-refractivity contribution in [2.45, 2.75) is 6.92 Å². The van der Waals surface area contributed by atoms with Crippen LogP contribution in [0.4, 0.5) is 10.5 Å². The van der Waals surface area contributed by atoms with Crippen LogP contribution >= 0.6 is 0 Å². The summed E-state index contributed by atoms with van der Waals surface area (Å²) in [4.78, 5) is 21.6. The highest BCUT2D eigenvalue weighted by Crippen LogP contribution is 2.21. The van der Waals surface area contributed by atoms with Crippen molar-refractivity contribution >= 4 is 11.8 Å². The van der Waals surface area contributed by atoms with Crippen molar-refractivity contribution in [2.24, 2.45) is 0 Å². The minimum Gasteiger partial charge on any atom is -0.494 e. The summed E-state index contributed by atoms with van der Waals surface area (Å²) in [6.45, 7) is 2.34. The molecule has 7 heteroatoms. The Hall–Kier alpha value is -3.09. The normalized spacial score (nSPS) is 9.86. The van der Waals surface area contributed by atoms with Gasteiger partial charge in [-0.15, -0.1) is 0 Å². The topological polar surface area (TPSA) is 87.9 Å². The lowest BCUT2D eigenvalue weighted by molar-refractivity contribution is -0.384. The Bertz CT molecular complexity index is 668. The Labute approximate surface area is 126 Å². The van der Waals surface area contributed by atoms with Crippen LogP contribution in [0.25, 0.3) is 0 Å². The number of nitro groups is 1. The quantitative estimate of drug-likeness (QED) is 0.363. The average Bonchev–Trinajstić information content (AvgIpc) is 2.48. The van der Waals surface area contributed by atoms with Gasteiger partial charge in [0.1, 0.15) is 17.2 Å². The molecule has 114 valence electrons. The lowest BCUT2D eigenvalue weighted by atomic mass is 10.3. The van der Waals surface area contributed by atoms with Gasteiger partial charge >= 0.3 is 6.16 Å². The van der Waals surface area contributed by atoms with Crippen LogP contribution in [0.5, 0.6) is 17.2 Å². The van der Waals surface area contributed by atoms with Gasteiger partial charge in [0.05, 0.1) is 11.5 Å². The van der Waals surface area contributed by atoms with Crippen LogP contribution in [-0.2, 0) is 0 Å². The molecule has 0 aliphatic carbocycles. The van der Waals surface area contributed by atoms with Crippen molar-refractivity contribution in [3.8, 4) is 17.2 Å². The molecule has 0 spiro atoms. The van der Waals surface area contributed by atoms with E-state index in [0.29, 0.717) is 12.4 Å². The molecule has 2 aromatic carbocycles. The van der Waals surface area contributed by atoms with Gasteiger partial charge in [-0.1, -0.05) is 6.07 Å². The Morgan fingerprint density at radius 3 is 2.32 bits per heavy atom. The van der Waals surface area contributed by atoms with Crippen LogP contribution in [0.1, 0.15) is 6.92 Å². The van der Waals surface area contributed by atoms with E-state index < -0.39 is 11.1 Å². The van der Waals surface area contributed by atoms with Gasteiger partial charge in [-0.3, -0.25) is 10.1 Å². The molecule has 2 aromatic rings. The number of benzene rings is 2. The van der Waals surface area contributed by atoms with Gasteiger partial charge < -0.3 is 14.2 Å². The molecule has 0 N–H and O–H groups in total. The molecule has 2 rings (SSSR count). The number of nitro benzene ring substituents is 1. The summed E-state index contributed by atoms with van der Waals surface area (Å²) in [7, 11) is 0. The monoisotopic (exact) mass is 303 g/mol. The number of nitrogens with zero attached hydrogens (tertiary/aromatic N) is 1. The fourth-order valence-electron chi connectivity index (χ4n) is 1.64. The minimum absolute atomic E-state index is 0.0925. The fourth-order valence-corrected chi connectivity index (χ4v) is 1.64. The zero-order valence-corrected chi connectivity index (χ0v) is 11.7. The lowest BCUT2D eigenvalue weighted by Gasteiger charge is -2.07. The summed E-state index contributed by atoms with van der Waals surface area (Å²) in [6, 6.07) is 11.7. The fraction of sp³-hybridized carbons (Fsp3) is 0.133. The summed E-state index contributed by atoms with van der Waals surface area (Å²) >= 11 is 0. The Balaban J connectivity index is 1.97. The number of hydrogen-bond donors (Lipinski definition) is 0. The molecule has 22 heavy (non-hydrogen) atoms. The number of carbonyl (C=O) groups excluding carboxylic acids is 1. The first kappa shape index (κ1) is 15.3. The molecule has 0 unspecified atom stereocenters. The number of hydrogen-bond acceptors (Lipinski definition) is 6. The first-order valence-electron chi connectivity index (χ1n) is 6.45. The maximum Gasteiger partial charge on any atom is 0.519 e. The van der Waals surface area contributed by atoms with Crippen LogP contribution < -0.4 is 14.2 Å². The molecule has 0 saturated heterocycles. The molecule has 0 aliphatic rings. The van der Waals surface area contributed by atoms with E-state index >= 15 is 0 Å². The zero-order valence-electron chi connectivity index (χ0n) is 11.7. The third kappa shape index (κ3) is 4.20. The Morgan fingerprint density at radius 1 is 1.05 bits per heavy atom. The van der Waals surface area contributed by atoms with E-state index in [1.165, 1.54) is 24.3 Å². The Morgan fingerprint density at radius 2 is 1.68 bits per heavy atom. The van der Waals surface area contributed by atoms with Gasteiger partial charge in [-0.2, -0.15) is 0 Å². The molecule has 0 aromatic heterocycles. The number of carbonyl (C=O) groups is 1. The second-order valence-electron chi connectivity index (χ2n) is 4.11. The summed E-state index contributed by atoms with van der Waals surface area (Å²) in [5.41, 5.74) is -0.0925.